The number of furan rings is 2. The first-order chi connectivity index (χ1) is 15.1. The van der Waals surface area contributed by atoms with Crippen LogP contribution in [0.4, 0.5) is 0 Å². The third kappa shape index (κ3) is 4.98. The van der Waals surface area contributed by atoms with Gasteiger partial charge >= 0.3 is 0 Å². The largest absolute Gasteiger partial charge is 0.463 e. The third-order valence-electron chi connectivity index (χ3n) is 4.14. The molecule has 2 amide bonds. The smallest absolute Gasteiger partial charge is 0.269 e. The molecular formula is C21H17N5O4S. The van der Waals surface area contributed by atoms with Crippen molar-refractivity contribution in [2.45, 2.75) is 12.1 Å². The topological polar surface area (TPSA) is 123 Å². The fourth-order valence-electron chi connectivity index (χ4n) is 2.61. The molecule has 0 radical (unpaired) electrons. The predicted molar refractivity (Wildman–Crippen MR) is 113 cm³/mol. The average molecular weight is 435 g/mol. The minimum absolute atomic E-state index is 0.0203. The predicted octanol–water partition coefficient (Wildman–Crippen LogP) is 3.25. The van der Waals surface area contributed by atoms with E-state index in [0.29, 0.717) is 28.5 Å². The van der Waals surface area contributed by atoms with Crippen molar-refractivity contribution in [2.24, 2.45) is 0 Å². The lowest BCUT2D eigenvalue weighted by Crippen LogP contribution is -2.42. The molecule has 156 valence electrons. The van der Waals surface area contributed by atoms with E-state index >= 15 is 0 Å². The van der Waals surface area contributed by atoms with Crippen LogP contribution in [0.1, 0.15) is 15.9 Å². The van der Waals surface area contributed by atoms with Gasteiger partial charge in [-0.25, -0.2) is 4.98 Å². The molecule has 4 rings (SSSR count). The summed E-state index contributed by atoms with van der Waals surface area (Å²) in [4.78, 5) is 28.7. The molecule has 0 saturated carbocycles. The first kappa shape index (κ1) is 20.4. The summed E-state index contributed by atoms with van der Waals surface area (Å²) in [5.41, 5.74) is 7.12. The number of nitrogens with one attached hydrogen (secondary N) is 2. The van der Waals surface area contributed by atoms with Crippen molar-refractivity contribution in [1.29, 1.82) is 0 Å². The molecule has 0 aliphatic heterocycles. The summed E-state index contributed by atoms with van der Waals surface area (Å²) in [5.74, 6) is 0.161. The summed E-state index contributed by atoms with van der Waals surface area (Å²) >= 11 is 1.08. The van der Waals surface area contributed by atoms with Gasteiger partial charge in [-0.05, 0) is 43.3 Å². The number of hydrazine groups is 1. The molecule has 0 aliphatic rings. The Kier molecular flexibility index (Phi) is 6.08. The fourth-order valence-corrected chi connectivity index (χ4v) is 3.19. The molecule has 9 nitrogen and oxygen atoms in total. The molecule has 10 heteroatoms. The SMILES string of the molecule is Cc1ccc(C(=O)NNC(=O)CSc2nnc(-c3ccco3)c(-c3ccco3)n2)cc1. The number of amides is 2. The molecule has 0 saturated heterocycles. The van der Waals surface area contributed by atoms with Crippen molar-refractivity contribution >= 4 is 23.6 Å². The van der Waals surface area contributed by atoms with Gasteiger partial charge in [0.2, 0.25) is 11.1 Å². The van der Waals surface area contributed by atoms with Crippen LogP contribution in [0.3, 0.4) is 0 Å². The van der Waals surface area contributed by atoms with Crippen LogP contribution in [-0.4, -0.2) is 32.7 Å². The highest BCUT2D eigenvalue weighted by molar-refractivity contribution is 7.99. The van der Waals surface area contributed by atoms with Gasteiger partial charge in [-0.3, -0.25) is 20.4 Å². The number of carbonyl (C=O) groups is 2. The van der Waals surface area contributed by atoms with Crippen LogP contribution in [0, 0.1) is 6.92 Å². The Morgan fingerprint density at radius 1 is 0.903 bits per heavy atom. The minimum Gasteiger partial charge on any atom is -0.463 e. The maximum atomic E-state index is 12.1. The quantitative estimate of drug-likeness (QED) is 0.349. The van der Waals surface area contributed by atoms with Crippen molar-refractivity contribution < 1.29 is 18.4 Å². The summed E-state index contributed by atoms with van der Waals surface area (Å²) in [5, 5.41) is 8.53. The number of carbonyl (C=O) groups excluding carboxylic acids is 2. The van der Waals surface area contributed by atoms with Crippen LogP contribution in [0.25, 0.3) is 22.9 Å². The fraction of sp³-hybridized carbons (Fsp3) is 0.0952. The van der Waals surface area contributed by atoms with Gasteiger partial charge < -0.3 is 8.83 Å². The van der Waals surface area contributed by atoms with Gasteiger partial charge in [-0.2, -0.15) is 0 Å². The van der Waals surface area contributed by atoms with E-state index < -0.39 is 11.8 Å². The molecular weight excluding hydrogens is 418 g/mol. The van der Waals surface area contributed by atoms with Gasteiger partial charge in [0.05, 0.1) is 18.3 Å². The van der Waals surface area contributed by atoms with E-state index in [9.17, 15) is 9.59 Å². The first-order valence-electron chi connectivity index (χ1n) is 9.21. The maximum absolute atomic E-state index is 12.1. The first-order valence-corrected chi connectivity index (χ1v) is 10.2. The summed E-state index contributed by atoms with van der Waals surface area (Å²) in [6.07, 6.45) is 3.06. The van der Waals surface area contributed by atoms with Crippen molar-refractivity contribution in [1.82, 2.24) is 26.0 Å². The number of aryl methyl sites for hydroxylation is 1. The number of hydrogen-bond acceptors (Lipinski definition) is 8. The van der Waals surface area contributed by atoms with Crippen LogP contribution >= 0.6 is 11.8 Å². The normalized spacial score (nSPS) is 10.6. The van der Waals surface area contributed by atoms with E-state index in [4.69, 9.17) is 8.83 Å². The maximum Gasteiger partial charge on any atom is 0.269 e. The van der Waals surface area contributed by atoms with Gasteiger partial charge in [0.15, 0.2) is 17.2 Å². The van der Waals surface area contributed by atoms with Gasteiger partial charge in [0, 0.05) is 5.56 Å². The second kappa shape index (κ2) is 9.26. The van der Waals surface area contributed by atoms with Gasteiger partial charge in [-0.15, -0.1) is 10.2 Å². The number of aromatic nitrogens is 3. The highest BCUT2D eigenvalue weighted by Crippen LogP contribution is 2.30. The molecule has 0 fully saturated rings. The standard InChI is InChI=1S/C21H17N5O4S/c1-13-6-8-14(9-7-13)20(28)25-23-17(27)12-31-21-22-18(15-4-2-10-29-15)19(24-26-21)16-5-3-11-30-16/h2-11H,12H2,1H3,(H,23,27)(H,25,28). The summed E-state index contributed by atoms with van der Waals surface area (Å²) < 4.78 is 10.8. The number of rotatable bonds is 6. The Balaban J connectivity index is 1.39. The molecule has 31 heavy (non-hydrogen) atoms. The lowest BCUT2D eigenvalue weighted by molar-refractivity contribution is -0.119. The number of thioether (sulfide) groups is 1. The van der Waals surface area contributed by atoms with Crippen LogP contribution in [0.5, 0.6) is 0 Å². The van der Waals surface area contributed by atoms with E-state index in [2.05, 4.69) is 26.0 Å². The van der Waals surface area contributed by atoms with Crippen LogP contribution in [-0.2, 0) is 4.79 Å². The van der Waals surface area contributed by atoms with Crippen molar-refractivity contribution in [2.75, 3.05) is 5.75 Å². The highest BCUT2D eigenvalue weighted by atomic mass is 32.2. The molecule has 4 aromatic rings. The van der Waals surface area contributed by atoms with Gasteiger partial charge in [0.1, 0.15) is 5.69 Å². The molecule has 3 aromatic heterocycles. The number of nitrogens with zero attached hydrogens (tertiary/aromatic N) is 3. The molecule has 0 spiro atoms. The number of hydrogen-bond donors (Lipinski definition) is 2. The molecule has 2 N–H and O–H groups in total. The molecule has 3 heterocycles. The van der Waals surface area contributed by atoms with Gasteiger partial charge in [0.25, 0.3) is 5.91 Å². The second-order valence-corrected chi connectivity index (χ2v) is 7.35. The van der Waals surface area contributed by atoms with Crippen molar-refractivity contribution in [3.63, 3.8) is 0 Å². The van der Waals surface area contributed by atoms with E-state index in [1.54, 1.807) is 36.4 Å². The van der Waals surface area contributed by atoms with Crippen molar-refractivity contribution in [3.05, 3.63) is 72.2 Å². The Bertz CT molecular complexity index is 1180. The lowest BCUT2D eigenvalue weighted by atomic mass is 10.1. The zero-order valence-electron chi connectivity index (χ0n) is 16.4. The molecule has 0 aliphatic carbocycles. The zero-order valence-corrected chi connectivity index (χ0v) is 17.2. The molecule has 1 aromatic carbocycles. The Hall–Kier alpha value is -3.92. The second-order valence-electron chi connectivity index (χ2n) is 6.40. The summed E-state index contributed by atoms with van der Waals surface area (Å²) in [6, 6.07) is 14.0. The third-order valence-corrected chi connectivity index (χ3v) is 4.98. The molecule has 0 bridgehead atoms. The van der Waals surface area contributed by atoms with E-state index in [0.717, 1.165) is 17.3 Å². The Morgan fingerprint density at radius 3 is 2.23 bits per heavy atom. The summed E-state index contributed by atoms with van der Waals surface area (Å²) in [7, 11) is 0. The van der Waals surface area contributed by atoms with Gasteiger partial charge in [-0.1, -0.05) is 29.5 Å². The van der Waals surface area contributed by atoms with Crippen LogP contribution in [0.15, 0.2) is 75.0 Å². The highest BCUT2D eigenvalue weighted by Gasteiger charge is 2.18. The Labute approximate surface area is 181 Å². The number of benzene rings is 1. The monoisotopic (exact) mass is 435 g/mol. The minimum atomic E-state index is -0.413. The van der Waals surface area contributed by atoms with E-state index in [-0.39, 0.29) is 10.9 Å². The van der Waals surface area contributed by atoms with E-state index in [1.165, 1.54) is 12.5 Å². The average Bonchev–Trinajstić information content (AvgIpc) is 3.51. The summed E-state index contributed by atoms with van der Waals surface area (Å²) in [6.45, 7) is 1.93. The van der Waals surface area contributed by atoms with Crippen molar-refractivity contribution in [3.8, 4) is 22.9 Å². The lowest BCUT2D eigenvalue weighted by Gasteiger charge is -2.08. The Morgan fingerprint density at radius 2 is 1.58 bits per heavy atom. The zero-order chi connectivity index (χ0) is 21.6. The molecule has 0 atom stereocenters. The van der Waals surface area contributed by atoms with E-state index in [1.807, 2.05) is 19.1 Å². The van der Waals surface area contributed by atoms with Crippen LogP contribution in [0.2, 0.25) is 0 Å². The van der Waals surface area contributed by atoms with Crippen LogP contribution < -0.4 is 10.9 Å². The molecule has 0 unspecified atom stereocenters.